The summed E-state index contributed by atoms with van der Waals surface area (Å²) in [5, 5.41) is 1.34. The van der Waals surface area contributed by atoms with Gasteiger partial charge in [0.25, 0.3) is 0 Å². The lowest BCUT2D eigenvalue weighted by Crippen LogP contribution is -2.22. The molecule has 0 radical (unpaired) electrons. The van der Waals surface area contributed by atoms with Gasteiger partial charge < -0.3 is 0 Å². The van der Waals surface area contributed by atoms with E-state index in [1.807, 2.05) is 12.1 Å². The molecule has 1 saturated carbocycles. The summed E-state index contributed by atoms with van der Waals surface area (Å²) in [7, 11) is 0. The third-order valence-electron chi connectivity index (χ3n) is 3.70. The highest BCUT2D eigenvalue weighted by atomic mass is 35.5. The number of likely N-dealkylation sites (tertiary alicyclic amines) is 1. The fraction of sp³-hybridized carbons (Fsp3) is 0.538. The van der Waals surface area contributed by atoms with Crippen LogP contribution in [0.15, 0.2) is 18.2 Å². The van der Waals surface area contributed by atoms with Crippen molar-refractivity contribution in [3.63, 3.8) is 0 Å². The van der Waals surface area contributed by atoms with E-state index in [1.165, 1.54) is 37.9 Å². The van der Waals surface area contributed by atoms with Crippen molar-refractivity contribution in [3.8, 4) is 0 Å². The molecule has 1 aromatic carbocycles. The fourth-order valence-electron chi connectivity index (χ4n) is 2.60. The quantitative estimate of drug-likeness (QED) is 0.774. The lowest BCUT2D eigenvalue weighted by Gasteiger charge is -2.15. The average molecular weight is 256 g/mol. The highest BCUT2D eigenvalue weighted by Crippen LogP contribution is 2.36. The maximum Gasteiger partial charge on any atom is 0.0595 e. The third kappa shape index (κ3) is 2.09. The Morgan fingerprint density at radius 2 is 1.88 bits per heavy atom. The van der Waals surface area contributed by atoms with E-state index < -0.39 is 0 Å². The summed E-state index contributed by atoms with van der Waals surface area (Å²) in [6.45, 7) is 2.44. The monoisotopic (exact) mass is 255 g/mol. The second-order valence-electron chi connectivity index (χ2n) is 4.89. The predicted octanol–water partition coefficient (Wildman–Crippen LogP) is 3.95. The van der Waals surface area contributed by atoms with Crippen LogP contribution in [0.4, 0.5) is 0 Å². The van der Waals surface area contributed by atoms with Crippen molar-refractivity contribution in [2.75, 3.05) is 13.1 Å². The zero-order chi connectivity index (χ0) is 11.1. The summed E-state index contributed by atoms with van der Waals surface area (Å²) < 4.78 is 0. The minimum Gasteiger partial charge on any atom is -0.300 e. The molecule has 86 valence electrons. The predicted molar refractivity (Wildman–Crippen MR) is 68.4 cm³/mol. The summed E-state index contributed by atoms with van der Waals surface area (Å²) in [6.07, 6.45) is 4.05. The molecule has 1 heterocycles. The van der Waals surface area contributed by atoms with Gasteiger partial charge in [-0.1, -0.05) is 29.3 Å². The molecule has 1 saturated heterocycles. The van der Waals surface area contributed by atoms with Crippen LogP contribution >= 0.6 is 23.2 Å². The molecule has 2 aliphatic rings. The molecule has 16 heavy (non-hydrogen) atoms. The maximum atomic E-state index is 6.06. The number of nitrogens with zero attached hydrogens (tertiary/aromatic N) is 1. The van der Waals surface area contributed by atoms with Gasteiger partial charge in [-0.05, 0) is 49.4 Å². The molecule has 3 rings (SSSR count). The Hall–Kier alpha value is -0.240. The van der Waals surface area contributed by atoms with Crippen molar-refractivity contribution < 1.29 is 0 Å². The minimum absolute atomic E-state index is 0.648. The number of hydrogen-bond donors (Lipinski definition) is 0. The fourth-order valence-corrected chi connectivity index (χ4v) is 2.90. The highest BCUT2D eigenvalue weighted by Gasteiger charge is 2.34. The zero-order valence-corrected chi connectivity index (χ0v) is 10.6. The first kappa shape index (κ1) is 10.9. The molecule has 0 amide bonds. The van der Waals surface area contributed by atoms with E-state index in [2.05, 4.69) is 11.0 Å². The summed E-state index contributed by atoms with van der Waals surface area (Å²) in [4.78, 5) is 2.62. The van der Waals surface area contributed by atoms with Gasteiger partial charge in [-0.3, -0.25) is 4.90 Å². The van der Waals surface area contributed by atoms with E-state index in [0.29, 0.717) is 16.0 Å². The van der Waals surface area contributed by atoms with Gasteiger partial charge in [0.1, 0.15) is 0 Å². The second-order valence-corrected chi connectivity index (χ2v) is 5.70. The normalized spacial score (nSPS) is 26.2. The first-order valence-corrected chi connectivity index (χ1v) is 6.68. The summed E-state index contributed by atoms with van der Waals surface area (Å²) in [6, 6.07) is 6.95. The molecule has 0 spiro atoms. The van der Waals surface area contributed by atoms with E-state index >= 15 is 0 Å². The van der Waals surface area contributed by atoms with Crippen LogP contribution < -0.4 is 0 Å². The minimum atomic E-state index is 0.648. The Morgan fingerprint density at radius 1 is 1.06 bits per heavy atom. The molecule has 0 N–H and O–H groups in total. The molecule has 0 bridgehead atoms. The molecular weight excluding hydrogens is 241 g/mol. The average Bonchev–Trinajstić information content (AvgIpc) is 3.01. The Morgan fingerprint density at radius 3 is 2.56 bits per heavy atom. The van der Waals surface area contributed by atoms with Gasteiger partial charge in [-0.25, -0.2) is 0 Å². The molecule has 1 atom stereocenters. The van der Waals surface area contributed by atoms with Crippen molar-refractivity contribution in [1.82, 2.24) is 4.90 Å². The highest BCUT2D eigenvalue weighted by molar-refractivity contribution is 6.42. The van der Waals surface area contributed by atoms with Gasteiger partial charge >= 0.3 is 0 Å². The van der Waals surface area contributed by atoms with E-state index in [-0.39, 0.29) is 0 Å². The lowest BCUT2D eigenvalue weighted by molar-refractivity contribution is 0.324. The van der Waals surface area contributed by atoms with E-state index in [4.69, 9.17) is 23.2 Å². The molecule has 1 nitrogen and oxygen atoms in total. The molecule has 1 unspecified atom stereocenters. The maximum absolute atomic E-state index is 6.06. The van der Waals surface area contributed by atoms with Crippen molar-refractivity contribution in [2.45, 2.75) is 31.2 Å². The molecule has 1 aliphatic carbocycles. The topological polar surface area (TPSA) is 3.24 Å². The Kier molecular flexibility index (Phi) is 2.87. The van der Waals surface area contributed by atoms with Crippen molar-refractivity contribution in [1.29, 1.82) is 0 Å². The first-order chi connectivity index (χ1) is 7.74. The summed E-state index contributed by atoms with van der Waals surface area (Å²) >= 11 is 12.0. The largest absolute Gasteiger partial charge is 0.300 e. The smallest absolute Gasteiger partial charge is 0.0595 e. The second kappa shape index (κ2) is 4.21. The van der Waals surface area contributed by atoms with Gasteiger partial charge in [-0.15, -0.1) is 0 Å². The number of hydrogen-bond acceptors (Lipinski definition) is 1. The van der Waals surface area contributed by atoms with Crippen LogP contribution in [-0.4, -0.2) is 24.0 Å². The molecule has 2 fully saturated rings. The first-order valence-electron chi connectivity index (χ1n) is 5.93. The van der Waals surface area contributed by atoms with Crippen LogP contribution in [0.1, 0.15) is 30.7 Å². The van der Waals surface area contributed by atoms with E-state index in [9.17, 15) is 0 Å². The van der Waals surface area contributed by atoms with Crippen LogP contribution in [-0.2, 0) is 0 Å². The molecule has 1 aliphatic heterocycles. The molecule has 1 aromatic rings. The summed E-state index contributed by atoms with van der Waals surface area (Å²) in [5.74, 6) is 0.648. The van der Waals surface area contributed by atoms with Crippen LogP contribution in [0, 0.1) is 0 Å². The molecule has 3 heteroatoms. The van der Waals surface area contributed by atoms with Crippen molar-refractivity contribution in [3.05, 3.63) is 33.8 Å². The van der Waals surface area contributed by atoms with Gasteiger partial charge in [0.15, 0.2) is 0 Å². The Bertz CT molecular complexity index is 401. The van der Waals surface area contributed by atoms with Crippen molar-refractivity contribution in [2.24, 2.45) is 0 Å². The van der Waals surface area contributed by atoms with Crippen LogP contribution in [0.3, 0.4) is 0 Å². The molecule has 0 aromatic heterocycles. The molecular formula is C13H15Cl2N. The van der Waals surface area contributed by atoms with Crippen molar-refractivity contribution >= 4 is 23.2 Å². The summed E-state index contributed by atoms with van der Waals surface area (Å²) in [5.41, 5.74) is 1.34. The Labute approximate surface area is 106 Å². The third-order valence-corrected chi connectivity index (χ3v) is 4.44. The number of benzene rings is 1. The SMILES string of the molecule is Clc1ccc(C2CCN(C3CC3)C2)cc1Cl. The van der Waals surface area contributed by atoms with Gasteiger partial charge in [0.2, 0.25) is 0 Å². The van der Waals surface area contributed by atoms with Crippen LogP contribution in [0.2, 0.25) is 10.0 Å². The van der Waals surface area contributed by atoms with E-state index in [1.54, 1.807) is 0 Å². The Balaban J connectivity index is 1.74. The number of halogens is 2. The number of rotatable bonds is 2. The lowest BCUT2D eigenvalue weighted by atomic mass is 9.99. The van der Waals surface area contributed by atoms with Crippen LogP contribution in [0.25, 0.3) is 0 Å². The van der Waals surface area contributed by atoms with Gasteiger partial charge in [0, 0.05) is 12.6 Å². The zero-order valence-electron chi connectivity index (χ0n) is 9.13. The van der Waals surface area contributed by atoms with Gasteiger partial charge in [0.05, 0.1) is 10.0 Å². The van der Waals surface area contributed by atoms with Crippen LogP contribution in [0.5, 0.6) is 0 Å². The van der Waals surface area contributed by atoms with Gasteiger partial charge in [-0.2, -0.15) is 0 Å². The van der Waals surface area contributed by atoms with E-state index in [0.717, 1.165) is 6.04 Å². The standard InChI is InChI=1S/C13H15Cl2N/c14-12-4-1-9(7-13(12)15)10-5-6-16(8-10)11-2-3-11/h1,4,7,10-11H,2-3,5-6,8H2.